The number of nitrogens with one attached hydrogen (secondary N) is 1. The summed E-state index contributed by atoms with van der Waals surface area (Å²) in [6.07, 6.45) is 2.44. The molecular weight excluding hydrogens is 252 g/mol. The second kappa shape index (κ2) is 6.61. The first-order valence-corrected chi connectivity index (χ1v) is 7.25. The van der Waals surface area contributed by atoms with Gasteiger partial charge in [0.2, 0.25) is 5.91 Å². The van der Waals surface area contributed by atoms with E-state index < -0.39 is 5.91 Å². The highest BCUT2D eigenvalue weighted by molar-refractivity contribution is 5.94. The Hall–Kier alpha value is -1.75. The van der Waals surface area contributed by atoms with Gasteiger partial charge in [-0.1, -0.05) is 6.92 Å². The van der Waals surface area contributed by atoms with Crippen molar-refractivity contribution in [1.29, 1.82) is 0 Å². The molecule has 0 aromatic heterocycles. The van der Waals surface area contributed by atoms with Crippen LogP contribution in [0.25, 0.3) is 0 Å². The van der Waals surface area contributed by atoms with E-state index in [0.29, 0.717) is 17.2 Å². The van der Waals surface area contributed by atoms with Crippen LogP contribution in [0.1, 0.15) is 30.1 Å². The highest BCUT2D eigenvalue weighted by Crippen LogP contribution is 2.22. The number of carbonyl (C=O) groups excluding carboxylic acids is 1. The van der Waals surface area contributed by atoms with Gasteiger partial charge in [0.25, 0.3) is 0 Å². The summed E-state index contributed by atoms with van der Waals surface area (Å²) in [7, 11) is 0. The summed E-state index contributed by atoms with van der Waals surface area (Å²) in [4.78, 5) is 13.5. The summed E-state index contributed by atoms with van der Waals surface area (Å²) in [6, 6.07) is 5.17. The largest absolute Gasteiger partial charge is 0.397 e. The van der Waals surface area contributed by atoms with Crippen LogP contribution >= 0.6 is 0 Å². The minimum atomic E-state index is -0.449. The van der Waals surface area contributed by atoms with Crippen molar-refractivity contribution in [2.45, 2.75) is 19.8 Å². The lowest BCUT2D eigenvalue weighted by molar-refractivity contribution is 0.100. The van der Waals surface area contributed by atoms with Crippen molar-refractivity contribution in [2.24, 2.45) is 11.7 Å². The van der Waals surface area contributed by atoms with Gasteiger partial charge in [0, 0.05) is 12.1 Å². The van der Waals surface area contributed by atoms with Crippen LogP contribution in [-0.2, 0) is 0 Å². The van der Waals surface area contributed by atoms with E-state index in [9.17, 15) is 4.79 Å². The van der Waals surface area contributed by atoms with Crippen LogP contribution in [0.15, 0.2) is 18.2 Å². The fourth-order valence-corrected chi connectivity index (χ4v) is 2.64. The lowest BCUT2D eigenvalue weighted by Gasteiger charge is -2.31. The summed E-state index contributed by atoms with van der Waals surface area (Å²) >= 11 is 0. The highest BCUT2D eigenvalue weighted by Gasteiger charge is 2.18. The van der Waals surface area contributed by atoms with E-state index in [-0.39, 0.29) is 0 Å². The maximum atomic E-state index is 11.1. The van der Waals surface area contributed by atoms with Gasteiger partial charge >= 0.3 is 0 Å². The molecule has 2 rings (SSSR count). The molecule has 0 saturated carbocycles. The average Bonchev–Trinajstić information content (AvgIpc) is 2.46. The SMILES string of the molecule is CCN1CCC(CNc2ccc(C(N)=O)cc2N)CC1. The molecule has 1 amide bonds. The third-order valence-corrected chi connectivity index (χ3v) is 4.07. The number of piperidine rings is 1. The van der Waals surface area contributed by atoms with Crippen molar-refractivity contribution in [3.63, 3.8) is 0 Å². The molecule has 0 bridgehead atoms. The van der Waals surface area contributed by atoms with E-state index in [1.54, 1.807) is 12.1 Å². The molecular formula is C15H24N4O. The molecule has 0 unspecified atom stereocenters. The third kappa shape index (κ3) is 3.63. The Labute approximate surface area is 120 Å². The molecule has 110 valence electrons. The lowest BCUT2D eigenvalue weighted by Crippen LogP contribution is -2.35. The fourth-order valence-electron chi connectivity index (χ4n) is 2.64. The van der Waals surface area contributed by atoms with Crippen LogP contribution in [-0.4, -0.2) is 37.0 Å². The Balaban J connectivity index is 1.87. The minimum Gasteiger partial charge on any atom is -0.397 e. The molecule has 5 nitrogen and oxygen atoms in total. The third-order valence-electron chi connectivity index (χ3n) is 4.07. The molecule has 20 heavy (non-hydrogen) atoms. The number of amides is 1. The fraction of sp³-hybridized carbons (Fsp3) is 0.533. The molecule has 0 radical (unpaired) electrons. The zero-order valence-electron chi connectivity index (χ0n) is 12.1. The van der Waals surface area contributed by atoms with Crippen molar-refractivity contribution in [1.82, 2.24) is 4.90 Å². The van der Waals surface area contributed by atoms with Crippen LogP contribution in [0.2, 0.25) is 0 Å². The standard InChI is InChI=1S/C15H24N4O/c1-2-19-7-5-11(6-8-19)10-18-14-4-3-12(15(17)20)9-13(14)16/h3-4,9,11,18H,2,5-8,10,16H2,1H3,(H2,17,20). The number of anilines is 2. The van der Waals surface area contributed by atoms with E-state index in [1.165, 1.54) is 25.9 Å². The van der Waals surface area contributed by atoms with Crippen LogP contribution in [0, 0.1) is 5.92 Å². The van der Waals surface area contributed by atoms with Gasteiger partial charge in [0.15, 0.2) is 0 Å². The first kappa shape index (κ1) is 14.7. The topological polar surface area (TPSA) is 84.4 Å². The van der Waals surface area contributed by atoms with Gasteiger partial charge in [0.1, 0.15) is 0 Å². The lowest BCUT2D eigenvalue weighted by atomic mass is 9.96. The summed E-state index contributed by atoms with van der Waals surface area (Å²) in [5, 5.41) is 3.39. The summed E-state index contributed by atoms with van der Waals surface area (Å²) < 4.78 is 0. The van der Waals surface area contributed by atoms with Gasteiger partial charge in [-0.2, -0.15) is 0 Å². The molecule has 5 heteroatoms. The van der Waals surface area contributed by atoms with E-state index >= 15 is 0 Å². The number of rotatable bonds is 5. The molecule has 1 saturated heterocycles. The van der Waals surface area contributed by atoms with E-state index in [2.05, 4.69) is 17.1 Å². The Kier molecular flexibility index (Phi) is 4.84. The first-order valence-electron chi connectivity index (χ1n) is 7.25. The van der Waals surface area contributed by atoms with Crippen molar-refractivity contribution >= 4 is 17.3 Å². The van der Waals surface area contributed by atoms with Crippen molar-refractivity contribution in [2.75, 3.05) is 37.2 Å². The average molecular weight is 276 g/mol. The molecule has 0 atom stereocenters. The zero-order valence-corrected chi connectivity index (χ0v) is 12.1. The highest BCUT2D eigenvalue weighted by atomic mass is 16.1. The molecule has 1 aliphatic rings. The molecule has 1 heterocycles. The molecule has 5 N–H and O–H groups in total. The molecule has 0 spiro atoms. The van der Waals surface area contributed by atoms with Crippen LogP contribution in [0.5, 0.6) is 0 Å². The Morgan fingerprint density at radius 2 is 2.10 bits per heavy atom. The van der Waals surface area contributed by atoms with E-state index in [1.807, 2.05) is 6.07 Å². The number of primary amides is 1. The second-order valence-corrected chi connectivity index (χ2v) is 5.42. The summed E-state index contributed by atoms with van der Waals surface area (Å²) in [6.45, 7) is 6.64. The molecule has 0 aliphatic carbocycles. The van der Waals surface area contributed by atoms with Gasteiger partial charge < -0.3 is 21.7 Å². The molecule has 1 aromatic rings. The van der Waals surface area contributed by atoms with Gasteiger partial charge in [-0.25, -0.2) is 0 Å². The van der Waals surface area contributed by atoms with E-state index in [4.69, 9.17) is 11.5 Å². The van der Waals surface area contributed by atoms with Crippen LogP contribution in [0.3, 0.4) is 0 Å². The van der Waals surface area contributed by atoms with Crippen LogP contribution in [0.4, 0.5) is 11.4 Å². The molecule has 1 aromatic carbocycles. The molecule has 1 aliphatic heterocycles. The normalized spacial score (nSPS) is 17.1. The Morgan fingerprint density at radius 3 is 2.65 bits per heavy atom. The van der Waals surface area contributed by atoms with Crippen LogP contribution < -0.4 is 16.8 Å². The number of likely N-dealkylation sites (tertiary alicyclic amines) is 1. The minimum absolute atomic E-state index is 0.448. The van der Waals surface area contributed by atoms with Crippen molar-refractivity contribution in [3.05, 3.63) is 23.8 Å². The number of carbonyl (C=O) groups is 1. The number of benzene rings is 1. The van der Waals surface area contributed by atoms with Gasteiger partial charge in [-0.3, -0.25) is 4.79 Å². The number of hydrogen-bond acceptors (Lipinski definition) is 4. The van der Waals surface area contributed by atoms with E-state index in [0.717, 1.165) is 18.8 Å². The predicted octanol–water partition coefficient (Wildman–Crippen LogP) is 1.51. The number of nitrogen functional groups attached to an aromatic ring is 1. The summed E-state index contributed by atoms with van der Waals surface area (Å²) in [5.74, 6) is 0.239. The Bertz CT molecular complexity index is 467. The van der Waals surface area contributed by atoms with Crippen molar-refractivity contribution < 1.29 is 4.79 Å². The number of nitrogens with two attached hydrogens (primary N) is 2. The smallest absolute Gasteiger partial charge is 0.248 e. The molecule has 1 fully saturated rings. The van der Waals surface area contributed by atoms with Gasteiger partial charge in [0.05, 0.1) is 11.4 Å². The Morgan fingerprint density at radius 1 is 1.40 bits per heavy atom. The number of hydrogen-bond donors (Lipinski definition) is 3. The van der Waals surface area contributed by atoms with Gasteiger partial charge in [-0.15, -0.1) is 0 Å². The van der Waals surface area contributed by atoms with Crippen molar-refractivity contribution in [3.8, 4) is 0 Å². The predicted molar refractivity (Wildman–Crippen MR) is 82.7 cm³/mol. The summed E-state index contributed by atoms with van der Waals surface area (Å²) in [5.41, 5.74) is 13.1. The number of nitrogens with zero attached hydrogens (tertiary/aromatic N) is 1. The quantitative estimate of drug-likeness (QED) is 0.712. The maximum Gasteiger partial charge on any atom is 0.248 e. The first-order chi connectivity index (χ1) is 9.60. The van der Waals surface area contributed by atoms with Gasteiger partial charge in [-0.05, 0) is 56.6 Å². The maximum absolute atomic E-state index is 11.1. The zero-order chi connectivity index (χ0) is 14.5. The second-order valence-electron chi connectivity index (χ2n) is 5.42. The monoisotopic (exact) mass is 276 g/mol.